The fourth-order valence-electron chi connectivity index (χ4n) is 4.03. The number of hydrogen-bond acceptors (Lipinski definition) is 5. The molecule has 27 heavy (non-hydrogen) atoms. The maximum Gasteiger partial charge on any atom is 0.243 e. The van der Waals surface area contributed by atoms with Crippen LogP contribution in [0.25, 0.3) is 0 Å². The van der Waals surface area contributed by atoms with Gasteiger partial charge in [0.2, 0.25) is 11.0 Å². The molecule has 1 aromatic heterocycles. The predicted molar refractivity (Wildman–Crippen MR) is 110 cm³/mol. The van der Waals surface area contributed by atoms with E-state index in [9.17, 15) is 4.79 Å². The average molecular weight is 405 g/mol. The van der Waals surface area contributed by atoms with Gasteiger partial charge in [-0.2, -0.15) is 4.37 Å². The molecule has 144 valence electrons. The first-order chi connectivity index (χ1) is 13.2. The van der Waals surface area contributed by atoms with Crippen molar-refractivity contribution in [1.29, 1.82) is 0 Å². The van der Waals surface area contributed by atoms with Gasteiger partial charge in [-0.15, -0.1) is 0 Å². The molecule has 0 bridgehead atoms. The van der Waals surface area contributed by atoms with Gasteiger partial charge in [0.05, 0.1) is 0 Å². The van der Waals surface area contributed by atoms with Gasteiger partial charge in [0.1, 0.15) is 11.9 Å². The molecule has 4 rings (SSSR count). The van der Waals surface area contributed by atoms with Crippen molar-refractivity contribution in [2.45, 2.75) is 63.5 Å². The lowest BCUT2D eigenvalue weighted by Gasteiger charge is -2.27. The van der Waals surface area contributed by atoms with E-state index in [4.69, 9.17) is 16.6 Å². The molecule has 5 nitrogen and oxygen atoms in total. The smallest absolute Gasteiger partial charge is 0.243 e. The van der Waals surface area contributed by atoms with Gasteiger partial charge in [0.15, 0.2) is 0 Å². The van der Waals surface area contributed by atoms with Gasteiger partial charge >= 0.3 is 0 Å². The summed E-state index contributed by atoms with van der Waals surface area (Å²) < 4.78 is 4.51. The van der Waals surface area contributed by atoms with E-state index in [1.807, 2.05) is 24.3 Å². The number of anilines is 1. The number of nitrogens with zero attached hydrogens (tertiary/aromatic N) is 3. The molecule has 2 aromatic rings. The highest BCUT2D eigenvalue weighted by molar-refractivity contribution is 7.09. The molecule has 1 saturated heterocycles. The lowest BCUT2D eigenvalue weighted by atomic mass is 9.95. The SMILES string of the molecule is O=C(NC1CCCCC1)C1CCCN1c1nc(Cc2ccc(Cl)cc2)ns1. The summed E-state index contributed by atoms with van der Waals surface area (Å²) in [5.41, 5.74) is 1.14. The number of carbonyl (C=O) groups is 1. The molecule has 1 atom stereocenters. The van der Waals surface area contributed by atoms with Crippen LogP contribution in [0.15, 0.2) is 24.3 Å². The quantitative estimate of drug-likeness (QED) is 0.811. The van der Waals surface area contributed by atoms with E-state index < -0.39 is 0 Å². The Morgan fingerprint density at radius 1 is 1.15 bits per heavy atom. The van der Waals surface area contributed by atoms with Crippen molar-refractivity contribution in [2.24, 2.45) is 0 Å². The number of halogens is 1. The van der Waals surface area contributed by atoms with Crippen LogP contribution in [-0.2, 0) is 11.2 Å². The van der Waals surface area contributed by atoms with Crippen LogP contribution in [-0.4, -0.2) is 33.9 Å². The Kier molecular flexibility index (Phi) is 5.93. The summed E-state index contributed by atoms with van der Waals surface area (Å²) in [5.74, 6) is 0.963. The summed E-state index contributed by atoms with van der Waals surface area (Å²) in [5, 5.41) is 4.87. The van der Waals surface area contributed by atoms with Crippen LogP contribution in [0.4, 0.5) is 5.13 Å². The Morgan fingerprint density at radius 3 is 2.70 bits per heavy atom. The molecular weight excluding hydrogens is 380 g/mol. The van der Waals surface area contributed by atoms with E-state index in [0.29, 0.717) is 12.5 Å². The number of amides is 1. The number of rotatable bonds is 5. The summed E-state index contributed by atoms with van der Waals surface area (Å²) in [6.07, 6.45) is 8.57. The Bertz CT molecular complexity index is 773. The number of benzene rings is 1. The molecule has 2 fully saturated rings. The molecule has 1 amide bonds. The van der Waals surface area contributed by atoms with Crippen molar-refractivity contribution in [1.82, 2.24) is 14.7 Å². The second-order valence-electron chi connectivity index (χ2n) is 7.49. The zero-order valence-electron chi connectivity index (χ0n) is 15.4. The largest absolute Gasteiger partial charge is 0.352 e. The van der Waals surface area contributed by atoms with E-state index in [1.54, 1.807) is 0 Å². The van der Waals surface area contributed by atoms with E-state index in [0.717, 1.165) is 53.8 Å². The summed E-state index contributed by atoms with van der Waals surface area (Å²) in [6.45, 7) is 0.873. The van der Waals surface area contributed by atoms with E-state index in [2.05, 4.69) is 14.6 Å². The normalized spacial score (nSPS) is 20.8. The Hall–Kier alpha value is -1.66. The van der Waals surface area contributed by atoms with Crippen LogP contribution < -0.4 is 10.2 Å². The van der Waals surface area contributed by atoms with Crippen LogP contribution in [0.5, 0.6) is 0 Å². The molecule has 2 aliphatic rings. The van der Waals surface area contributed by atoms with Gasteiger partial charge in [-0.05, 0) is 43.4 Å². The topological polar surface area (TPSA) is 58.1 Å². The summed E-state index contributed by atoms with van der Waals surface area (Å²) >= 11 is 7.34. The lowest BCUT2D eigenvalue weighted by molar-refractivity contribution is -0.123. The van der Waals surface area contributed by atoms with Crippen LogP contribution in [0, 0.1) is 0 Å². The third-order valence-electron chi connectivity index (χ3n) is 5.49. The Morgan fingerprint density at radius 2 is 1.93 bits per heavy atom. The van der Waals surface area contributed by atoms with Gasteiger partial charge in [-0.1, -0.05) is 43.0 Å². The fraction of sp³-hybridized carbons (Fsp3) is 0.550. The van der Waals surface area contributed by atoms with Crippen molar-refractivity contribution in [3.63, 3.8) is 0 Å². The van der Waals surface area contributed by atoms with Gasteiger partial charge in [0, 0.05) is 35.6 Å². The predicted octanol–water partition coefficient (Wildman–Crippen LogP) is 4.20. The molecule has 2 heterocycles. The third-order valence-corrected chi connectivity index (χ3v) is 6.53. The molecular formula is C20H25ClN4OS. The standard InChI is InChI=1S/C20H25ClN4OS/c21-15-10-8-14(9-11-15)13-18-23-20(27-24-18)25-12-4-7-17(25)19(26)22-16-5-2-1-3-6-16/h8-11,16-17H,1-7,12-13H2,(H,22,26). The van der Waals surface area contributed by atoms with Crippen LogP contribution in [0.2, 0.25) is 5.02 Å². The van der Waals surface area contributed by atoms with Crippen molar-refractivity contribution in [3.8, 4) is 0 Å². The first-order valence-corrected chi connectivity index (χ1v) is 11.0. The zero-order chi connectivity index (χ0) is 18.6. The van der Waals surface area contributed by atoms with E-state index in [1.165, 1.54) is 30.8 Å². The second-order valence-corrected chi connectivity index (χ2v) is 8.66. The minimum Gasteiger partial charge on any atom is -0.352 e. The molecule has 1 unspecified atom stereocenters. The van der Waals surface area contributed by atoms with Gasteiger partial charge in [-0.3, -0.25) is 4.79 Å². The summed E-state index contributed by atoms with van der Waals surface area (Å²) in [6, 6.07) is 8.01. The van der Waals surface area contributed by atoms with Crippen LogP contribution >= 0.6 is 23.1 Å². The van der Waals surface area contributed by atoms with E-state index in [-0.39, 0.29) is 11.9 Å². The highest BCUT2D eigenvalue weighted by Crippen LogP contribution is 2.28. The number of hydrogen-bond donors (Lipinski definition) is 1. The zero-order valence-corrected chi connectivity index (χ0v) is 16.9. The fourth-order valence-corrected chi connectivity index (χ4v) is 4.92. The molecule has 1 aliphatic heterocycles. The summed E-state index contributed by atoms with van der Waals surface area (Å²) in [7, 11) is 0. The molecule has 0 spiro atoms. The second kappa shape index (κ2) is 8.57. The summed E-state index contributed by atoms with van der Waals surface area (Å²) in [4.78, 5) is 19.7. The third kappa shape index (κ3) is 4.61. The monoisotopic (exact) mass is 404 g/mol. The van der Waals surface area contributed by atoms with E-state index >= 15 is 0 Å². The van der Waals surface area contributed by atoms with Crippen LogP contribution in [0.3, 0.4) is 0 Å². The maximum absolute atomic E-state index is 12.8. The molecule has 1 aromatic carbocycles. The minimum absolute atomic E-state index is 0.108. The minimum atomic E-state index is -0.108. The van der Waals surface area contributed by atoms with Crippen molar-refractivity contribution >= 4 is 34.2 Å². The highest BCUT2D eigenvalue weighted by atomic mass is 35.5. The molecule has 0 radical (unpaired) electrons. The average Bonchev–Trinajstić information content (AvgIpc) is 3.33. The Balaban J connectivity index is 1.40. The van der Waals surface area contributed by atoms with Gasteiger partial charge < -0.3 is 10.2 Å². The Labute approximate surface area is 169 Å². The first kappa shape index (κ1) is 18.7. The first-order valence-electron chi connectivity index (χ1n) is 9.83. The number of nitrogens with one attached hydrogen (secondary N) is 1. The van der Waals surface area contributed by atoms with Crippen LogP contribution in [0.1, 0.15) is 56.3 Å². The number of carbonyl (C=O) groups excluding carboxylic acids is 1. The highest BCUT2D eigenvalue weighted by Gasteiger charge is 2.34. The maximum atomic E-state index is 12.8. The number of aromatic nitrogens is 2. The van der Waals surface area contributed by atoms with Crippen molar-refractivity contribution < 1.29 is 4.79 Å². The van der Waals surface area contributed by atoms with Crippen molar-refractivity contribution in [2.75, 3.05) is 11.4 Å². The lowest BCUT2D eigenvalue weighted by Crippen LogP contribution is -2.47. The molecule has 1 saturated carbocycles. The van der Waals surface area contributed by atoms with Gasteiger partial charge in [-0.25, -0.2) is 4.98 Å². The van der Waals surface area contributed by atoms with Gasteiger partial charge in [0.25, 0.3) is 0 Å². The molecule has 1 N–H and O–H groups in total. The molecule has 7 heteroatoms. The van der Waals surface area contributed by atoms with Crippen molar-refractivity contribution in [3.05, 3.63) is 40.7 Å². The molecule has 1 aliphatic carbocycles.